The van der Waals surface area contributed by atoms with E-state index < -0.39 is 312 Å². The molecular formula is C60H40N2SSi. The van der Waals surface area contributed by atoms with Crippen LogP contribution in [0.5, 0.6) is 0 Å². The second-order valence-corrected chi connectivity index (χ2v) is 18.7. The summed E-state index contributed by atoms with van der Waals surface area (Å²) >= 11 is 0.511. The molecule has 0 aliphatic carbocycles. The third-order valence-corrected chi connectivity index (χ3v) is 16.2. The van der Waals surface area contributed by atoms with Crippen molar-refractivity contribution in [2.24, 2.45) is 0 Å². The van der Waals surface area contributed by atoms with E-state index in [0.717, 1.165) is 9.13 Å². The summed E-state index contributed by atoms with van der Waals surface area (Å²) in [6.07, 6.45) is 0. The predicted molar refractivity (Wildman–Crippen MR) is 277 cm³/mol. The number of aromatic nitrogens is 2. The highest BCUT2D eigenvalue weighted by molar-refractivity contribution is 7.26. The summed E-state index contributed by atoms with van der Waals surface area (Å²) < 4.78 is 330. The molecule has 64 heavy (non-hydrogen) atoms. The molecule has 0 spiro atoms. The molecule has 1 unspecified atom stereocenters. The van der Waals surface area contributed by atoms with Crippen LogP contribution in [-0.4, -0.2) is 17.2 Å². The van der Waals surface area contributed by atoms with Gasteiger partial charge < -0.3 is 9.13 Å². The van der Waals surface area contributed by atoms with Crippen LogP contribution < -0.4 is 20.7 Å². The van der Waals surface area contributed by atoms with Crippen molar-refractivity contribution in [1.29, 1.82) is 0 Å². The van der Waals surface area contributed by atoms with Gasteiger partial charge in [0.15, 0.2) is 8.07 Å². The van der Waals surface area contributed by atoms with Gasteiger partial charge in [-0.1, -0.05) is 200 Å². The van der Waals surface area contributed by atoms with Crippen LogP contribution in [0.25, 0.3) is 86.3 Å². The van der Waals surface area contributed by atoms with Crippen molar-refractivity contribution in [1.82, 2.24) is 9.13 Å². The Bertz CT molecular complexity index is 5840. The average Bonchev–Trinajstić information content (AvgIpc) is 1.61. The lowest BCUT2D eigenvalue weighted by Crippen LogP contribution is -2.74. The van der Waals surface area contributed by atoms with E-state index in [1.165, 1.54) is 30.3 Å². The summed E-state index contributed by atoms with van der Waals surface area (Å²) in [7, 11) is -5.98. The van der Waals surface area contributed by atoms with E-state index in [1.807, 2.05) is 0 Å². The lowest BCUT2D eigenvalue weighted by molar-refractivity contribution is 1.18. The van der Waals surface area contributed by atoms with Gasteiger partial charge in [0.1, 0.15) is 0 Å². The van der Waals surface area contributed by atoms with Gasteiger partial charge in [-0.05, 0) is 74.2 Å². The third-order valence-electron chi connectivity index (χ3n) is 10.9. The first-order valence-electron chi connectivity index (χ1n) is 36.7. The lowest BCUT2D eigenvalue weighted by atomic mass is 10.1. The number of thiophene rings is 1. The minimum absolute atomic E-state index is 0.305. The predicted octanol–water partition coefficient (Wildman–Crippen LogP) is 13.3. The van der Waals surface area contributed by atoms with Crippen LogP contribution in [0.2, 0.25) is 0 Å². The van der Waals surface area contributed by atoms with Gasteiger partial charge in [-0.2, -0.15) is 0 Å². The molecule has 10 aromatic carbocycles. The summed E-state index contributed by atoms with van der Waals surface area (Å²) in [4.78, 5) is 0. The second-order valence-electron chi connectivity index (χ2n) is 14.1. The van der Waals surface area contributed by atoms with Crippen molar-refractivity contribution in [2.45, 2.75) is 0 Å². The zero-order valence-corrected chi connectivity index (χ0v) is 34.0. The number of hydrogen-bond donors (Lipinski definition) is 0. The molecular weight excluding hydrogens is 809 g/mol. The Kier molecular flexibility index (Phi) is 3.69. The minimum Gasteiger partial charge on any atom is -0.309 e. The van der Waals surface area contributed by atoms with Crippen LogP contribution in [-0.2, 0) is 0 Å². The summed E-state index contributed by atoms with van der Waals surface area (Å²) in [5.41, 5.74) is -5.98. The monoisotopic (exact) mass is 883 g/mol. The van der Waals surface area contributed by atoms with E-state index in [-0.39, 0.29) is 14.6 Å². The molecule has 0 saturated heterocycles. The van der Waals surface area contributed by atoms with Crippen LogP contribution in [0.3, 0.4) is 0 Å². The third kappa shape index (κ3) is 5.43. The zero-order chi connectivity index (χ0) is 72.7. The Labute approximate surface area is 425 Å². The van der Waals surface area contributed by atoms with Gasteiger partial charge in [0, 0.05) is 42.7 Å². The maximum Gasteiger partial charge on any atom is 0.179 e. The summed E-state index contributed by atoms with van der Waals surface area (Å²) in [6.45, 7) is 0. The van der Waals surface area contributed by atoms with E-state index >= 15 is 0 Å². The average molecular weight is 884 g/mol. The van der Waals surface area contributed by atoms with Crippen molar-refractivity contribution < 1.29 is 48.0 Å². The quantitative estimate of drug-likeness (QED) is 0.111. The zero-order valence-electron chi connectivity index (χ0n) is 67.2. The number of benzene rings is 10. The minimum atomic E-state index is -5.98. The van der Waals surface area contributed by atoms with Gasteiger partial charge in [-0.3, -0.25) is 0 Å². The topological polar surface area (TPSA) is 9.86 Å². The Morgan fingerprint density at radius 3 is 1.61 bits per heavy atom. The van der Waals surface area contributed by atoms with Crippen molar-refractivity contribution >= 4 is 104 Å². The van der Waals surface area contributed by atoms with E-state index in [0.29, 0.717) is 11.3 Å². The number of hydrogen-bond acceptors (Lipinski definition) is 1. The van der Waals surface area contributed by atoms with E-state index in [4.69, 9.17) is 21.9 Å². The molecule has 13 rings (SSSR count). The Balaban J connectivity index is 1.32. The normalized spacial score (nSPS) is 20.5. The SMILES string of the molecule is [2H]c1c([2H])c([2H])c(-c2c([2H])c([2H])c([2H])c([Si](c3ccccc3)(c3c([2H])c([2H])c([2H])c([2H])c3[2H])c3c([2H])c([2H])c(-n4c5c([2H])c([2H])c([2H])c([2H])c5c5c([2H])c(-n6c7c([2H])c([2H])c([2H])c([2H])c7c7c([2H])c([2H])c([2H])c([2H])c76)c6sc7c([2H])c([2H])c([2H])c([2H])c7c6c54)c([2H])c3[2H])c2[2H])c([2H])c1[2H]. The molecule has 4 heteroatoms. The molecule has 1 atom stereocenters. The Morgan fingerprint density at radius 1 is 0.391 bits per heavy atom. The van der Waals surface area contributed by atoms with Gasteiger partial charge in [0.25, 0.3) is 0 Å². The second kappa shape index (κ2) is 14.7. The van der Waals surface area contributed by atoms with Gasteiger partial charge >= 0.3 is 0 Å². The molecule has 0 aliphatic heterocycles. The van der Waals surface area contributed by atoms with Gasteiger partial charge in [-0.25, -0.2) is 0 Å². The summed E-state index contributed by atoms with van der Waals surface area (Å²) in [5, 5.41) is -6.37. The molecule has 0 aliphatic rings. The highest BCUT2D eigenvalue weighted by atomic mass is 32.1. The highest BCUT2D eigenvalue weighted by Gasteiger charge is 2.41. The largest absolute Gasteiger partial charge is 0.309 e. The molecule has 0 amide bonds. The summed E-state index contributed by atoms with van der Waals surface area (Å²) in [6, 6.07) is -28.6. The van der Waals surface area contributed by atoms with Crippen LogP contribution in [0, 0.1) is 0 Å². The van der Waals surface area contributed by atoms with Crippen LogP contribution in [0.15, 0.2) is 242 Å². The highest BCUT2D eigenvalue weighted by Crippen LogP contribution is 2.47. The van der Waals surface area contributed by atoms with E-state index in [2.05, 4.69) is 0 Å². The maximum atomic E-state index is 10.6. The fourth-order valence-electron chi connectivity index (χ4n) is 8.34. The lowest BCUT2D eigenvalue weighted by Gasteiger charge is -2.35. The number of para-hydroxylation sites is 3. The van der Waals surface area contributed by atoms with Crippen LogP contribution >= 0.6 is 11.3 Å². The summed E-state index contributed by atoms with van der Waals surface area (Å²) in [5.74, 6) is 0. The van der Waals surface area contributed by atoms with Crippen molar-refractivity contribution in [3.63, 3.8) is 0 Å². The van der Waals surface area contributed by atoms with E-state index in [1.54, 1.807) is 0 Å². The molecule has 300 valence electrons. The molecule has 0 bridgehead atoms. The number of fused-ring (bicyclic) bond motifs is 10. The van der Waals surface area contributed by atoms with Crippen LogP contribution in [0.1, 0.15) is 48.0 Å². The standard InChI is InChI=1S/C60H40N2SSi/c1-4-19-41(20-5-1)42-21-18-26-47(39-42)64(44-22-6-2-7-23-44,45-24-8-3-9-25-45)46-37-35-43(36-38-46)61-53-31-14-12-29-50(53)52-40-56(60-58(59(52)61)51-30-13-17-34-57(51)63-60)62-54-32-15-10-27-48(54)49-28-11-16-33-55(49)62/h1-40H/i1D,2D,4D,5D,6D,7D,10D,11D,12D,13D,14D,15D,16D,17D,18D,19D,20D,21D,22D,23D,26D,27D,28D,29D,30D,31D,32D,33D,34D,35D,36D,37D,38D,39D,40D. The fraction of sp³-hybridized carbons (Fsp3) is 0. The molecule has 0 fully saturated rings. The fourth-order valence-corrected chi connectivity index (χ4v) is 13.3. The van der Waals surface area contributed by atoms with Gasteiger partial charge in [-0.15, -0.1) is 11.3 Å². The van der Waals surface area contributed by atoms with Crippen molar-refractivity contribution in [2.75, 3.05) is 0 Å². The first-order chi connectivity index (χ1) is 46.3. The molecule has 3 aromatic heterocycles. The van der Waals surface area contributed by atoms with Gasteiger partial charge in [0.05, 0.1) is 80.4 Å². The van der Waals surface area contributed by atoms with Crippen LogP contribution in [0.4, 0.5) is 0 Å². The van der Waals surface area contributed by atoms with Gasteiger partial charge in [0.2, 0.25) is 0 Å². The van der Waals surface area contributed by atoms with E-state index in [9.17, 15) is 26.0 Å². The first kappa shape index (κ1) is 16.1. The Hall–Kier alpha value is -7.76. The number of nitrogens with zero attached hydrogens (tertiary/aromatic N) is 2. The molecule has 13 aromatic rings. The van der Waals surface area contributed by atoms with Crippen molar-refractivity contribution in [3.05, 3.63) is 242 Å². The Morgan fingerprint density at radius 2 is 0.922 bits per heavy atom. The van der Waals surface area contributed by atoms with Crippen molar-refractivity contribution in [3.8, 4) is 22.5 Å². The molecule has 0 radical (unpaired) electrons. The molecule has 3 heterocycles. The molecule has 2 nitrogen and oxygen atoms in total. The molecule has 0 N–H and O–H groups in total. The number of rotatable bonds is 7. The smallest absolute Gasteiger partial charge is 0.179 e. The molecule has 0 saturated carbocycles. The first-order valence-corrected chi connectivity index (χ1v) is 22.0. The maximum absolute atomic E-state index is 10.6.